The van der Waals surface area contributed by atoms with Crippen LogP contribution in [0.2, 0.25) is 0 Å². The summed E-state index contributed by atoms with van der Waals surface area (Å²) >= 11 is 0. The van der Waals surface area contributed by atoms with Crippen LogP contribution in [-0.4, -0.2) is 60.1 Å². The standard InChI is InChI=1S/C19H22N4O2/c1-25-18-9-5-6-15(20-18)12-21-10-11-22-17(13-21)14-23(19(22)24)16-7-3-2-4-8-16/h2-9,17H,10-14H2,1H3/t17-/m1/s1. The van der Waals surface area contributed by atoms with Gasteiger partial charge in [0, 0.05) is 44.5 Å². The van der Waals surface area contributed by atoms with Crippen LogP contribution >= 0.6 is 0 Å². The third kappa shape index (κ3) is 3.17. The van der Waals surface area contributed by atoms with Crippen molar-refractivity contribution in [2.75, 3.05) is 38.2 Å². The van der Waals surface area contributed by atoms with E-state index in [2.05, 4.69) is 9.88 Å². The number of anilines is 1. The molecule has 2 aromatic rings. The van der Waals surface area contributed by atoms with Gasteiger partial charge >= 0.3 is 6.03 Å². The number of rotatable bonds is 4. The highest BCUT2D eigenvalue weighted by atomic mass is 16.5. The molecule has 2 amide bonds. The zero-order valence-corrected chi connectivity index (χ0v) is 14.3. The zero-order chi connectivity index (χ0) is 17.2. The molecule has 1 aromatic heterocycles. The number of pyridine rings is 1. The first kappa shape index (κ1) is 15.9. The molecule has 1 atom stereocenters. The molecule has 2 saturated heterocycles. The topological polar surface area (TPSA) is 48.9 Å². The molecule has 6 nitrogen and oxygen atoms in total. The Labute approximate surface area is 147 Å². The van der Waals surface area contributed by atoms with E-state index in [1.807, 2.05) is 58.3 Å². The summed E-state index contributed by atoms with van der Waals surface area (Å²) < 4.78 is 5.20. The predicted octanol–water partition coefficient (Wildman–Crippen LogP) is 2.22. The van der Waals surface area contributed by atoms with Crippen LogP contribution < -0.4 is 9.64 Å². The average molecular weight is 338 g/mol. The van der Waals surface area contributed by atoms with E-state index in [0.717, 1.165) is 44.1 Å². The number of ether oxygens (including phenoxy) is 1. The fourth-order valence-electron chi connectivity index (χ4n) is 3.63. The summed E-state index contributed by atoms with van der Waals surface area (Å²) in [5, 5.41) is 0. The maximum absolute atomic E-state index is 12.7. The van der Waals surface area contributed by atoms with E-state index in [9.17, 15) is 4.79 Å². The molecule has 3 heterocycles. The molecule has 1 aromatic carbocycles. The molecule has 0 radical (unpaired) electrons. The van der Waals surface area contributed by atoms with Gasteiger partial charge in [-0.05, 0) is 18.2 Å². The van der Waals surface area contributed by atoms with E-state index in [1.165, 1.54) is 0 Å². The molecule has 0 bridgehead atoms. The van der Waals surface area contributed by atoms with Gasteiger partial charge in [-0.25, -0.2) is 9.78 Å². The van der Waals surface area contributed by atoms with Crippen molar-refractivity contribution in [1.82, 2.24) is 14.8 Å². The molecule has 0 aliphatic carbocycles. The number of fused-ring (bicyclic) bond motifs is 1. The largest absolute Gasteiger partial charge is 0.481 e. The van der Waals surface area contributed by atoms with Crippen molar-refractivity contribution in [2.24, 2.45) is 0 Å². The highest BCUT2D eigenvalue weighted by molar-refractivity contribution is 5.94. The van der Waals surface area contributed by atoms with Gasteiger partial charge in [-0.15, -0.1) is 0 Å². The summed E-state index contributed by atoms with van der Waals surface area (Å²) in [6, 6.07) is 16.1. The Morgan fingerprint density at radius 2 is 1.92 bits per heavy atom. The lowest BCUT2D eigenvalue weighted by molar-refractivity contribution is 0.115. The fraction of sp³-hybridized carbons (Fsp3) is 0.368. The summed E-state index contributed by atoms with van der Waals surface area (Å²) in [4.78, 5) is 23.4. The van der Waals surface area contributed by atoms with E-state index in [4.69, 9.17) is 4.74 Å². The number of hydrogen-bond acceptors (Lipinski definition) is 4. The minimum atomic E-state index is 0.121. The molecule has 25 heavy (non-hydrogen) atoms. The van der Waals surface area contributed by atoms with Gasteiger partial charge in [0.2, 0.25) is 5.88 Å². The number of piperazine rings is 1. The Balaban J connectivity index is 1.44. The molecule has 4 rings (SSSR count). The molecule has 0 spiro atoms. The van der Waals surface area contributed by atoms with Crippen molar-refractivity contribution >= 4 is 11.7 Å². The van der Waals surface area contributed by atoms with Crippen LogP contribution in [0.3, 0.4) is 0 Å². The normalized spacial score (nSPS) is 20.7. The van der Waals surface area contributed by atoms with Gasteiger partial charge in [0.05, 0.1) is 18.8 Å². The molecule has 0 N–H and O–H groups in total. The first-order valence-corrected chi connectivity index (χ1v) is 8.60. The monoisotopic (exact) mass is 338 g/mol. The summed E-state index contributed by atoms with van der Waals surface area (Å²) in [5.74, 6) is 0.641. The van der Waals surface area contributed by atoms with E-state index in [1.54, 1.807) is 7.11 Å². The van der Waals surface area contributed by atoms with Crippen molar-refractivity contribution in [3.05, 3.63) is 54.2 Å². The van der Waals surface area contributed by atoms with Crippen molar-refractivity contribution in [3.8, 4) is 5.88 Å². The van der Waals surface area contributed by atoms with Crippen LogP contribution in [-0.2, 0) is 6.54 Å². The first-order chi connectivity index (χ1) is 12.2. The van der Waals surface area contributed by atoms with Gasteiger partial charge in [0.25, 0.3) is 0 Å². The first-order valence-electron chi connectivity index (χ1n) is 8.60. The van der Waals surface area contributed by atoms with Gasteiger partial charge in [-0.1, -0.05) is 24.3 Å². The molecule has 6 heteroatoms. The number of urea groups is 1. The predicted molar refractivity (Wildman–Crippen MR) is 95.7 cm³/mol. The van der Waals surface area contributed by atoms with Crippen molar-refractivity contribution in [1.29, 1.82) is 0 Å². The van der Waals surface area contributed by atoms with E-state index in [0.29, 0.717) is 5.88 Å². The van der Waals surface area contributed by atoms with Crippen LogP contribution in [0.5, 0.6) is 5.88 Å². The van der Waals surface area contributed by atoms with E-state index < -0.39 is 0 Å². The van der Waals surface area contributed by atoms with Gasteiger partial charge in [-0.2, -0.15) is 0 Å². The Bertz CT molecular complexity index is 752. The van der Waals surface area contributed by atoms with E-state index in [-0.39, 0.29) is 12.1 Å². The SMILES string of the molecule is COc1cccc(CN2CCN3C(=O)N(c4ccccc4)C[C@H]3C2)n1. The highest BCUT2D eigenvalue weighted by Gasteiger charge is 2.41. The minimum Gasteiger partial charge on any atom is -0.481 e. The number of benzene rings is 1. The van der Waals surface area contributed by atoms with Crippen molar-refractivity contribution in [3.63, 3.8) is 0 Å². The van der Waals surface area contributed by atoms with Crippen molar-refractivity contribution in [2.45, 2.75) is 12.6 Å². The van der Waals surface area contributed by atoms with E-state index >= 15 is 0 Å². The molecule has 2 fully saturated rings. The van der Waals surface area contributed by atoms with Crippen LogP contribution in [0, 0.1) is 0 Å². The number of para-hydroxylation sites is 1. The van der Waals surface area contributed by atoms with Crippen LogP contribution in [0.15, 0.2) is 48.5 Å². The lowest BCUT2D eigenvalue weighted by Crippen LogP contribution is -2.51. The average Bonchev–Trinajstić information content (AvgIpc) is 2.99. The molecule has 0 unspecified atom stereocenters. The molecular formula is C19H22N4O2. The minimum absolute atomic E-state index is 0.121. The second-order valence-corrected chi connectivity index (χ2v) is 6.48. The number of hydrogen-bond donors (Lipinski definition) is 0. The number of amides is 2. The van der Waals surface area contributed by atoms with Crippen LogP contribution in [0.1, 0.15) is 5.69 Å². The second-order valence-electron chi connectivity index (χ2n) is 6.48. The van der Waals surface area contributed by atoms with Gasteiger partial charge in [0.15, 0.2) is 0 Å². The third-order valence-corrected chi connectivity index (χ3v) is 4.88. The molecule has 0 saturated carbocycles. The van der Waals surface area contributed by atoms with Crippen LogP contribution in [0.4, 0.5) is 10.5 Å². The van der Waals surface area contributed by atoms with Gasteiger partial charge in [0.1, 0.15) is 0 Å². The molecular weight excluding hydrogens is 316 g/mol. The molecule has 130 valence electrons. The second kappa shape index (κ2) is 6.72. The highest BCUT2D eigenvalue weighted by Crippen LogP contribution is 2.26. The van der Waals surface area contributed by atoms with Crippen LogP contribution in [0.25, 0.3) is 0 Å². The summed E-state index contributed by atoms with van der Waals surface area (Å²) in [5.41, 5.74) is 1.97. The Kier molecular flexibility index (Phi) is 4.28. The summed E-state index contributed by atoms with van der Waals surface area (Å²) in [6.07, 6.45) is 0. The Hall–Kier alpha value is -2.60. The van der Waals surface area contributed by atoms with Gasteiger partial charge < -0.3 is 9.64 Å². The number of carbonyl (C=O) groups excluding carboxylic acids is 1. The quantitative estimate of drug-likeness (QED) is 0.858. The van der Waals surface area contributed by atoms with Gasteiger partial charge in [-0.3, -0.25) is 9.80 Å². The van der Waals surface area contributed by atoms with Crippen molar-refractivity contribution < 1.29 is 9.53 Å². The maximum Gasteiger partial charge on any atom is 0.324 e. The molecule has 2 aliphatic rings. The summed E-state index contributed by atoms with van der Waals surface area (Å²) in [6.45, 7) is 4.01. The Morgan fingerprint density at radius 1 is 1.08 bits per heavy atom. The summed E-state index contributed by atoms with van der Waals surface area (Å²) in [7, 11) is 1.63. The smallest absolute Gasteiger partial charge is 0.324 e. The fourth-order valence-corrected chi connectivity index (χ4v) is 3.63. The third-order valence-electron chi connectivity index (χ3n) is 4.88. The molecule has 2 aliphatic heterocycles. The maximum atomic E-state index is 12.7. The number of carbonyl (C=O) groups is 1. The number of nitrogens with zero attached hydrogens (tertiary/aromatic N) is 4. The lowest BCUT2D eigenvalue weighted by Gasteiger charge is -2.36. The number of methoxy groups -OCH3 is 1. The zero-order valence-electron chi connectivity index (χ0n) is 14.3. The number of aromatic nitrogens is 1. The lowest BCUT2D eigenvalue weighted by atomic mass is 10.2. The Morgan fingerprint density at radius 3 is 2.72 bits per heavy atom.